The molecule has 3 aliphatic heterocycles. The van der Waals surface area contributed by atoms with Crippen molar-refractivity contribution < 1.29 is 19.1 Å². The van der Waals surface area contributed by atoms with Gasteiger partial charge in [-0.25, -0.2) is 0 Å². The zero-order valence-electron chi connectivity index (χ0n) is 34.0. The number of carbonyl (C=O) groups is 3. The Morgan fingerprint density at radius 3 is 2.20 bits per heavy atom. The van der Waals surface area contributed by atoms with Crippen molar-refractivity contribution in [2.75, 3.05) is 39.4 Å². The van der Waals surface area contributed by atoms with Crippen LogP contribution in [0.1, 0.15) is 94.5 Å². The molecule has 0 saturated carbocycles. The fourth-order valence-electron chi connectivity index (χ4n) is 8.89. The minimum absolute atomic E-state index is 0.0538. The summed E-state index contributed by atoms with van der Waals surface area (Å²) in [6.45, 7) is 12.7. The highest BCUT2D eigenvalue weighted by Crippen LogP contribution is 2.39. The van der Waals surface area contributed by atoms with Gasteiger partial charge >= 0.3 is 0 Å². The van der Waals surface area contributed by atoms with Gasteiger partial charge in [-0.2, -0.15) is 0 Å². The van der Waals surface area contributed by atoms with Crippen molar-refractivity contribution in [3.63, 3.8) is 0 Å². The zero-order valence-corrected chi connectivity index (χ0v) is 34.0. The van der Waals surface area contributed by atoms with Gasteiger partial charge < -0.3 is 24.8 Å². The lowest BCUT2D eigenvalue weighted by Crippen LogP contribution is -2.52. The molecule has 1 atom stereocenters. The number of hydrogen-bond donors (Lipinski definition) is 1. The minimum atomic E-state index is 0.0538. The molecule has 3 aliphatic rings. The summed E-state index contributed by atoms with van der Waals surface area (Å²) in [7, 11) is 2.20. The van der Waals surface area contributed by atoms with E-state index in [0.29, 0.717) is 26.1 Å². The first kappa shape index (κ1) is 40.9. The number of fused-ring (bicyclic) bond motifs is 2. The highest BCUT2D eigenvalue weighted by molar-refractivity contribution is 6.02. The van der Waals surface area contributed by atoms with Crippen LogP contribution in [0.2, 0.25) is 0 Å². The van der Waals surface area contributed by atoms with Crippen molar-refractivity contribution in [3.05, 3.63) is 117 Å². The number of rotatable bonds is 12. The van der Waals surface area contributed by atoms with E-state index in [2.05, 4.69) is 84.3 Å². The van der Waals surface area contributed by atoms with Gasteiger partial charge in [0, 0.05) is 69.2 Å². The van der Waals surface area contributed by atoms with E-state index in [0.717, 1.165) is 106 Å². The third-order valence-electron chi connectivity index (χ3n) is 12.1. The Morgan fingerprint density at radius 1 is 0.839 bits per heavy atom. The average molecular weight is 760 g/mol. The molecular weight excluding hydrogens is 699 g/mol. The van der Waals surface area contributed by atoms with E-state index < -0.39 is 0 Å². The molecule has 2 N–H and O–H groups in total. The monoisotopic (exact) mass is 759 g/mol. The minimum Gasteiger partial charge on any atom is -0.379 e. The maximum Gasteiger partial charge on any atom is 0.255 e. The summed E-state index contributed by atoms with van der Waals surface area (Å²) in [5.41, 5.74) is 17.3. The molecule has 1 aromatic heterocycles. The first-order valence-corrected chi connectivity index (χ1v) is 20.8. The molecule has 1 fully saturated rings. The van der Waals surface area contributed by atoms with Gasteiger partial charge in [-0.1, -0.05) is 81.3 Å². The van der Waals surface area contributed by atoms with Crippen molar-refractivity contribution in [2.45, 2.75) is 97.7 Å². The number of amides is 3. The van der Waals surface area contributed by atoms with Crippen molar-refractivity contribution in [3.8, 4) is 11.3 Å². The van der Waals surface area contributed by atoms with Gasteiger partial charge in [-0.3, -0.25) is 19.3 Å². The Balaban J connectivity index is 0.00000172. The number of morpholine rings is 1. The van der Waals surface area contributed by atoms with Crippen LogP contribution in [-0.4, -0.2) is 82.9 Å². The predicted octanol–water partition coefficient (Wildman–Crippen LogP) is 6.81. The molecular formula is C47H61N5O4. The molecule has 0 spiro atoms. The van der Waals surface area contributed by atoms with Gasteiger partial charge in [0.05, 0.1) is 25.3 Å². The van der Waals surface area contributed by atoms with Crippen LogP contribution >= 0.6 is 0 Å². The molecule has 0 bridgehead atoms. The number of hydrogen-bond acceptors (Lipinski definition) is 5. The quantitative estimate of drug-likeness (QED) is 0.160. The molecule has 7 rings (SSSR count). The summed E-state index contributed by atoms with van der Waals surface area (Å²) in [4.78, 5) is 44.3. The third-order valence-corrected chi connectivity index (χ3v) is 12.1. The molecule has 0 aliphatic carbocycles. The fraction of sp³-hybridized carbons (Fsp3) is 0.468. The maximum atomic E-state index is 15.5. The fourth-order valence-corrected chi connectivity index (χ4v) is 8.89. The molecule has 4 heterocycles. The number of nitrogens with two attached hydrogens (primary N) is 1. The number of benzene rings is 3. The molecule has 56 heavy (non-hydrogen) atoms. The summed E-state index contributed by atoms with van der Waals surface area (Å²) in [5.74, 6) is 0.233. The Bertz CT molecular complexity index is 1960. The third kappa shape index (κ3) is 9.27. The van der Waals surface area contributed by atoms with E-state index in [-0.39, 0.29) is 24.3 Å². The Labute approximate surface area is 333 Å². The summed E-state index contributed by atoms with van der Waals surface area (Å²) >= 11 is 0. The van der Waals surface area contributed by atoms with Crippen LogP contribution in [0.3, 0.4) is 0 Å². The lowest BCUT2D eigenvalue weighted by atomic mass is 9.87. The van der Waals surface area contributed by atoms with Crippen LogP contribution in [0.25, 0.3) is 11.3 Å². The molecule has 9 nitrogen and oxygen atoms in total. The van der Waals surface area contributed by atoms with Crippen LogP contribution < -0.4 is 5.73 Å². The molecule has 9 heteroatoms. The normalized spacial score (nSPS) is 16.8. The van der Waals surface area contributed by atoms with Crippen molar-refractivity contribution >= 4 is 18.2 Å². The molecule has 3 amide bonds. The summed E-state index contributed by atoms with van der Waals surface area (Å²) in [5, 5.41) is 0. The number of primary amides is 1. The van der Waals surface area contributed by atoms with Crippen LogP contribution in [0.5, 0.6) is 0 Å². The molecule has 0 radical (unpaired) electrons. The van der Waals surface area contributed by atoms with Crippen LogP contribution in [0.4, 0.5) is 0 Å². The van der Waals surface area contributed by atoms with Gasteiger partial charge in [0.25, 0.3) is 5.91 Å². The van der Waals surface area contributed by atoms with E-state index in [1.165, 1.54) is 39.2 Å². The van der Waals surface area contributed by atoms with Crippen LogP contribution in [0, 0.1) is 6.92 Å². The van der Waals surface area contributed by atoms with E-state index in [1.54, 1.807) is 0 Å². The van der Waals surface area contributed by atoms with Crippen molar-refractivity contribution in [1.82, 2.24) is 19.3 Å². The smallest absolute Gasteiger partial charge is 0.255 e. The SMILES string of the molecule is CCCCc1c(CCCC)c(-c2cc3c(cc2C(=O)N2Cc4ccccc4C[C@H]2CN2CCOCC2)CN(C(=O)Cc2ccccc2)CC3)n(C)c1C.NC=O. The highest BCUT2D eigenvalue weighted by atomic mass is 16.5. The van der Waals surface area contributed by atoms with Crippen LogP contribution in [-0.2, 0) is 66.6 Å². The summed E-state index contributed by atoms with van der Waals surface area (Å²) in [6.07, 6.45) is 8.88. The average Bonchev–Trinajstić information content (AvgIpc) is 3.46. The molecule has 298 valence electrons. The van der Waals surface area contributed by atoms with Gasteiger partial charge in [0.15, 0.2) is 0 Å². The van der Waals surface area contributed by atoms with Gasteiger partial charge in [0.2, 0.25) is 12.3 Å². The second-order valence-electron chi connectivity index (χ2n) is 15.7. The van der Waals surface area contributed by atoms with Gasteiger partial charge in [0.1, 0.15) is 0 Å². The standard InChI is InChI=1S/C46H58N4O3.CH3NO/c1-5-7-18-40-33(3)47(4)45(41(40)19-8-6-2)42-28-36-20-21-49(44(51)26-34-14-10-9-11-15-34)30-38(36)29-43(42)46(52)50-31-37-17-13-12-16-35(37)27-39(50)32-48-22-24-53-25-23-48;2-1-3/h9-17,28-29,39H,5-8,18-27,30-32H2,1-4H3;1H,(H2,2,3)/t39-;/m0./s1. The van der Waals surface area contributed by atoms with E-state index in [1.807, 2.05) is 35.2 Å². The first-order valence-electron chi connectivity index (χ1n) is 20.8. The van der Waals surface area contributed by atoms with E-state index >= 15 is 4.79 Å². The second kappa shape index (κ2) is 19.4. The van der Waals surface area contributed by atoms with Crippen molar-refractivity contribution in [1.29, 1.82) is 0 Å². The molecule has 4 aromatic rings. The van der Waals surface area contributed by atoms with Crippen molar-refractivity contribution in [2.24, 2.45) is 12.8 Å². The van der Waals surface area contributed by atoms with E-state index in [9.17, 15) is 4.79 Å². The van der Waals surface area contributed by atoms with Crippen LogP contribution in [0.15, 0.2) is 66.7 Å². The number of carbonyl (C=O) groups excluding carboxylic acids is 3. The number of aromatic nitrogens is 1. The number of unbranched alkanes of at least 4 members (excludes halogenated alkanes) is 2. The van der Waals surface area contributed by atoms with E-state index in [4.69, 9.17) is 9.53 Å². The van der Waals surface area contributed by atoms with Gasteiger partial charge in [-0.15, -0.1) is 0 Å². The number of ether oxygens (including phenoxy) is 1. The Hall–Kier alpha value is -4.73. The Morgan fingerprint density at radius 2 is 1.50 bits per heavy atom. The first-order chi connectivity index (χ1) is 27.3. The number of nitrogens with zero attached hydrogens (tertiary/aromatic N) is 4. The second-order valence-corrected chi connectivity index (χ2v) is 15.7. The summed E-state index contributed by atoms with van der Waals surface area (Å²) < 4.78 is 8.08. The topological polar surface area (TPSA) is 101 Å². The maximum absolute atomic E-state index is 15.5. The highest BCUT2D eigenvalue weighted by Gasteiger charge is 2.35. The molecule has 0 unspecified atom stereocenters. The molecule has 3 aromatic carbocycles. The molecule has 1 saturated heterocycles. The lowest BCUT2D eigenvalue weighted by molar-refractivity contribution is -0.131. The Kier molecular flexibility index (Phi) is 14.2. The predicted molar refractivity (Wildman–Crippen MR) is 223 cm³/mol. The lowest BCUT2D eigenvalue weighted by Gasteiger charge is -2.41. The zero-order chi connectivity index (χ0) is 39.6. The van der Waals surface area contributed by atoms with Gasteiger partial charge in [-0.05, 0) is 96.5 Å². The largest absolute Gasteiger partial charge is 0.379 e. The summed E-state index contributed by atoms with van der Waals surface area (Å²) in [6, 6.07) is 23.2.